The maximum Gasteiger partial charge on any atom is 0.407 e. The Morgan fingerprint density at radius 2 is 1.86 bits per heavy atom. The van der Waals surface area contributed by atoms with E-state index in [1.54, 1.807) is 27.7 Å². The minimum absolute atomic E-state index is 0.0320. The molecule has 0 bridgehead atoms. The third-order valence-corrected chi connectivity index (χ3v) is 6.13. The van der Waals surface area contributed by atoms with Crippen LogP contribution in [-0.4, -0.2) is 42.3 Å². The predicted octanol–water partition coefficient (Wildman–Crippen LogP) is 4.62. The second kappa shape index (κ2) is 8.65. The molecule has 0 fully saturated rings. The number of imidazole rings is 1. The van der Waals surface area contributed by atoms with Crippen LogP contribution in [0.2, 0.25) is 0 Å². The highest BCUT2D eigenvalue weighted by molar-refractivity contribution is 5.68. The molecule has 1 aliphatic carbocycles. The lowest BCUT2D eigenvalue weighted by atomic mass is 9.80. The number of hydrogen-bond donors (Lipinski definition) is 2. The van der Waals surface area contributed by atoms with Crippen LogP contribution in [0.15, 0.2) is 30.5 Å². The molecule has 0 saturated heterocycles. The average Bonchev–Trinajstić information content (AvgIpc) is 3.37. The first-order valence-electron chi connectivity index (χ1n) is 11.5. The van der Waals surface area contributed by atoms with Crippen molar-refractivity contribution in [2.45, 2.75) is 58.1 Å². The number of rotatable bonds is 3. The van der Waals surface area contributed by atoms with Gasteiger partial charge >= 0.3 is 6.09 Å². The number of aromatic amines is 1. The molecule has 11 heteroatoms. The molecule has 0 spiro atoms. The summed E-state index contributed by atoms with van der Waals surface area (Å²) in [6.07, 6.45) is 1.65. The van der Waals surface area contributed by atoms with Gasteiger partial charge in [0.25, 0.3) is 0 Å². The number of nitrogens with one attached hydrogen (secondary N) is 2. The average molecular weight is 499 g/mol. The normalized spacial score (nSPS) is 17.8. The van der Waals surface area contributed by atoms with E-state index in [-0.39, 0.29) is 18.4 Å². The van der Waals surface area contributed by atoms with Crippen molar-refractivity contribution >= 4 is 11.7 Å². The predicted molar refractivity (Wildman–Crippen MR) is 125 cm³/mol. The first kappa shape index (κ1) is 23.8. The molecule has 2 N–H and O–H groups in total. The molecule has 0 radical (unpaired) electrons. The number of carbonyl (C=O) groups excluding carboxylic acids is 1. The van der Waals surface area contributed by atoms with Crippen molar-refractivity contribution in [1.29, 1.82) is 0 Å². The first-order valence-corrected chi connectivity index (χ1v) is 11.5. The number of aromatic nitrogens is 5. The van der Waals surface area contributed by atoms with Crippen molar-refractivity contribution in [2.75, 3.05) is 0 Å². The number of pyridine rings is 1. The Hall–Kier alpha value is -3.89. The zero-order chi connectivity index (χ0) is 25.8. The lowest BCUT2D eigenvalue weighted by Gasteiger charge is -2.33. The summed E-state index contributed by atoms with van der Waals surface area (Å²) in [7, 11) is 0. The van der Waals surface area contributed by atoms with E-state index in [2.05, 4.69) is 20.5 Å². The lowest BCUT2D eigenvalue weighted by molar-refractivity contribution is 0.0493. The summed E-state index contributed by atoms with van der Waals surface area (Å²) in [5.41, 5.74) is 2.15. The van der Waals surface area contributed by atoms with Crippen molar-refractivity contribution in [1.82, 2.24) is 29.9 Å². The zero-order valence-corrected chi connectivity index (χ0v) is 20.2. The van der Waals surface area contributed by atoms with Crippen LogP contribution in [0.25, 0.3) is 17.0 Å². The van der Waals surface area contributed by atoms with E-state index in [0.29, 0.717) is 29.1 Å². The smallest absolute Gasteiger partial charge is 0.407 e. The fraction of sp³-hybridized carbons (Fsp3) is 0.360. The third kappa shape index (κ3) is 4.52. The summed E-state index contributed by atoms with van der Waals surface area (Å²) in [6.45, 7) is 6.98. The van der Waals surface area contributed by atoms with E-state index >= 15 is 0 Å². The van der Waals surface area contributed by atoms with Gasteiger partial charge in [0.05, 0.1) is 5.69 Å². The van der Waals surface area contributed by atoms with Gasteiger partial charge in [-0.25, -0.2) is 27.9 Å². The third-order valence-electron chi connectivity index (χ3n) is 6.13. The number of alkyl carbamates (subject to hydrolysis) is 1. The molecule has 0 aliphatic heterocycles. The lowest BCUT2D eigenvalue weighted by Crippen LogP contribution is -2.46. The molecular weight excluding hydrogens is 473 g/mol. The molecule has 188 valence electrons. The van der Waals surface area contributed by atoms with E-state index in [0.717, 1.165) is 17.3 Å². The first-order chi connectivity index (χ1) is 17.0. The monoisotopic (exact) mass is 498 g/mol. The fourth-order valence-electron chi connectivity index (χ4n) is 4.61. The highest BCUT2D eigenvalue weighted by Gasteiger charge is 2.36. The van der Waals surface area contributed by atoms with E-state index in [1.165, 1.54) is 0 Å². The summed E-state index contributed by atoms with van der Waals surface area (Å²) in [4.78, 5) is 21.7. The molecular formula is C25H25F3N6O2. The van der Waals surface area contributed by atoms with Gasteiger partial charge in [0.2, 0.25) is 0 Å². The van der Waals surface area contributed by atoms with Gasteiger partial charge in [0.1, 0.15) is 22.9 Å². The Balaban J connectivity index is 1.55. The van der Waals surface area contributed by atoms with Gasteiger partial charge in [-0.05, 0) is 51.5 Å². The van der Waals surface area contributed by atoms with Crippen molar-refractivity contribution in [3.05, 3.63) is 70.7 Å². The summed E-state index contributed by atoms with van der Waals surface area (Å²) < 4.78 is 49.9. The molecule has 1 aliphatic rings. The van der Waals surface area contributed by atoms with Crippen molar-refractivity contribution in [3.63, 3.8) is 0 Å². The minimum Gasteiger partial charge on any atom is -0.444 e. The molecule has 36 heavy (non-hydrogen) atoms. The minimum atomic E-state index is -1.27. The molecule has 3 aromatic heterocycles. The highest BCUT2D eigenvalue weighted by atomic mass is 19.2. The number of fused-ring (bicyclic) bond motifs is 3. The second-order valence-electron chi connectivity index (χ2n) is 9.94. The maximum atomic E-state index is 14.8. The van der Waals surface area contributed by atoms with E-state index in [4.69, 9.17) is 9.72 Å². The van der Waals surface area contributed by atoms with Gasteiger partial charge in [-0.15, -0.1) is 0 Å². The van der Waals surface area contributed by atoms with Crippen LogP contribution in [0.5, 0.6) is 0 Å². The number of hydrogen-bond acceptors (Lipinski definition) is 5. The molecule has 0 unspecified atom stereocenters. The zero-order valence-electron chi connectivity index (χ0n) is 20.2. The SMILES string of the molecule is Cc1n[nH]c(-c2ccn3c4c(nc3c2)C[C@H](c2cc(F)c(F)cc2F)[C@@H](NC(=O)OC(C)(C)C)C4)n1. The van der Waals surface area contributed by atoms with Crippen LogP contribution in [0.3, 0.4) is 0 Å². The Bertz CT molecular complexity index is 1470. The van der Waals surface area contributed by atoms with Crippen LogP contribution in [-0.2, 0) is 17.6 Å². The number of H-pyrrole nitrogens is 1. The van der Waals surface area contributed by atoms with Gasteiger partial charge in [-0.1, -0.05) is 0 Å². The molecule has 0 saturated carbocycles. The second-order valence-corrected chi connectivity index (χ2v) is 9.94. The number of amides is 1. The Kier molecular flexibility index (Phi) is 5.73. The molecule has 1 amide bonds. The van der Waals surface area contributed by atoms with Gasteiger partial charge < -0.3 is 14.5 Å². The Morgan fingerprint density at radius 3 is 2.56 bits per heavy atom. The van der Waals surface area contributed by atoms with Gasteiger partial charge in [-0.3, -0.25) is 5.10 Å². The fourth-order valence-corrected chi connectivity index (χ4v) is 4.61. The molecule has 2 atom stereocenters. The summed E-state index contributed by atoms with van der Waals surface area (Å²) >= 11 is 0. The maximum absolute atomic E-state index is 14.8. The number of benzene rings is 1. The van der Waals surface area contributed by atoms with Crippen LogP contribution in [0, 0.1) is 24.4 Å². The van der Waals surface area contributed by atoms with E-state index < -0.39 is 41.1 Å². The van der Waals surface area contributed by atoms with Crippen LogP contribution in [0.4, 0.5) is 18.0 Å². The molecule has 8 nitrogen and oxygen atoms in total. The molecule has 3 heterocycles. The standard InChI is InChI=1S/C25H25F3N6O2/c1-12-29-23(33-32-12)13-5-6-34-21-11-19(31-24(35)36-25(2,3)4)15(9-20(21)30-22(34)7-13)14-8-17(27)18(28)10-16(14)26/h5-8,10,15,19H,9,11H2,1-4H3,(H,31,35)(H,29,32,33)/t15-,19+/m1/s1. The van der Waals surface area contributed by atoms with Gasteiger partial charge in [0.15, 0.2) is 17.5 Å². The van der Waals surface area contributed by atoms with Gasteiger partial charge in [-0.2, -0.15) is 5.10 Å². The van der Waals surface area contributed by atoms with Crippen molar-refractivity contribution < 1.29 is 22.7 Å². The van der Waals surface area contributed by atoms with E-state index in [1.807, 2.05) is 22.7 Å². The molecule has 5 rings (SSSR count). The number of carbonyl (C=O) groups is 1. The topological polar surface area (TPSA) is 97.2 Å². The van der Waals surface area contributed by atoms with Crippen molar-refractivity contribution in [2.24, 2.45) is 0 Å². The Labute approximate surface area is 204 Å². The van der Waals surface area contributed by atoms with Gasteiger partial charge in [0, 0.05) is 48.3 Å². The number of nitrogens with zero attached hydrogens (tertiary/aromatic N) is 4. The number of ether oxygens (including phenoxy) is 1. The van der Waals surface area contributed by atoms with E-state index in [9.17, 15) is 18.0 Å². The quantitative estimate of drug-likeness (QED) is 0.402. The summed E-state index contributed by atoms with van der Waals surface area (Å²) in [5, 5.41) is 9.74. The number of aryl methyl sites for hydroxylation is 1. The van der Waals surface area contributed by atoms with Crippen LogP contribution < -0.4 is 5.32 Å². The van der Waals surface area contributed by atoms with Crippen LogP contribution >= 0.6 is 0 Å². The Morgan fingerprint density at radius 1 is 1.11 bits per heavy atom. The summed E-state index contributed by atoms with van der Waals surface area (Å²) in [6, 6.07) is 4.45. The number of halogens is 3. The van der Waals surface area contributed by atoms with Crippen LogP contribution in [0.1, 0.15) is 49.5 Å². The molecule has 4 aromatic rings. The van der Waals surface area contributed by atoms with Crippen molar-refractivity contribution in [3.8, 4) is 11.4 Å². The summed E-state index contributed by atoms with van der Waals surface area (Å²) in [5.74, 6) is -2.80. The highest BCUT2D eigenvalue weighted by Crippen LogP contribution is 2.36. The molecule has 1 aromatic carbocycles. The largest absolute Gasteiger partial charge is 0.444 e.